The summed E-state index contributed by atoms with van der Waals surface area (Å²) in [6.07, 6.45) is 0.233. The largest absolute Gasteiger partial charge is 0.389 e. The molecule has 0 aliphatic carbocycles. The molecule has 110 valence electrons. The summed E-state index contributed by atoms with van der Waals surface area (Å²) in [5.41, 5.74) is 6.88. The molecule has 0 aromatic heterocycles. The van der Waals surface area contributed by atoms with Crippen molar-refractivity contribution >= 4 is 28.8 Å². The first-order valence-corrected chi connectivity index (χ1v) is 6.74. The number of thiocarbonyl (C=S) groups is 1. The Kier molecular flexibility index (Phi) is 7.14. The Morgan fingerprint density at radius 2 is 2.15 bits per heavy atom. The average Bonchev–Trinajstić information content (AvgIpc) is 2.39. The van der Waals surface area contributed by atoms with Gasteiger partial charge in [-0.25, -0.2) is 0 Å². The molecule has 0 bridgehead atoms. The van der Waals surface area contributed by atoms with Crippen LogP contribution in [-0.4, -0.2) is 37.3 Å². The molecule has 0 saturated heterocycles. The highest BCUT2D eigenvalue weighted by Gasteiger charge is 2.09. The fourth-order valence-electron chi connectivity index (χ4n) is 1.66. The van der Waals surface area contributed by atoms with E-state index in [1.807, 2.05) is 19.1 Å². The van der Waals surface area contributed by atoms with Crippen LogP contribution in [0.1, 0.15) is 18.9 Å². The molecule has 20 heavy (non-hydrogen) atoms. The van der Waals surface area contributed by atoms with Gasteiger partial charge in [-0.3, -0.25) is 4.79 Å². The molecule has 0 heterocycles. The molecule has 3 N–H and O–H groups in total. The summed E-state index contributed by atoms with van der Waals surface area (Å²) >= 11 is 4.94. The lowest BCUT2D eigenvalue weighted by molar-refractivity contribution is -0.117. The van der Waals surface area contributed by atoms with E-state index in [0.717, 1.165) is 0 Å². The van der Waals surface area contributed by atoms with Gasteiger partial charge in [0.25, 0.3) is 0 Å². The molecule has 0 aliphatic heterocycles. The van der Waals surface area contributed by atoms with Gasteiger partial charge in [-0.15, -0.1) is 0 Å². The van der Waals surface area contributed by atoms with Crippen LogP contribution in [0, 0.1) is 0 Å². The van der Waals surface area contributed by atoms with Crippen molar-refractivity contribution in [1.82, 2.24) is 0 Å². The number of carbonyl (C=O) groups excluding carboxylic acids is 1. The van der Waals surface area contributed by atoms with E-state index in [1.165, 1.54) is 0 Å². The summed E-state index contributed by atoms with van der Waals surface area (Å²) in [7, 11) is 1.61. The molecule has 1 unspecified atom stereocenters. The van der Waals surface area contributed by atoms with Gasteiger partial charge in [-0.2, -0.15) is 0 Å². The van der Waals surface area contributed by atoms with Crippen molar-refractivity contribution in [2.75, 3.05) is 25.6 Å². The van der Waals surface area contributed by atoms with Crippen LogP contribution in [0.5, 0.6) is 0 Å². The third-order valence-electron chi connectivity index (χ3n) is 2.60. The summed E-state index contributed by atoms with van der Waals surface area (Å²) in [6.45, 7) is 2.74. The van der Waals surface area contributed by atoms with Crippen LogP contribution in [0.3, 0.4) is 0 Å². The molecule has 0 saturated carbocycles. The number of hydrogen-bond acceptors (Lipinski definition) is 4. The molecule has 1 atom stereocenters. The number of para-hydroxylation sites is 1. The maximum atomic E-state index is 11.8. The van der Waals surface area contributed by atoms with Gasteiger partial charge in [-0.05, 0) is 19.1 Å². The predicted molar refractivity (Wildman–Crippen MR) is 82.9 cm³/mol. The van der Waals surface area contributed by atoms with E-state index in [1.54, 1.807) is 19.2 Å². The van der Waals surface area contributed by atoms with Crippen molar-refractivity contribution in [2.24, 2.45) is 5.73 Å². The maximum Gasteiger partial charge on any atom is 0.226 e. The fourth-order valence-corrected chi connectivity index (χ4v) is 1.83. The zero-order chi connectivity index (χ0) is 15.0. The van der Waals surface area contributed by atoms with E-state index in [4.69, 9.17) is 27.4 Å². The van der Waals surface area contributed by atoms with Crippen LogP contribution in [0.25, 0.3) is 0 Å². The Labute approximate surface area is 124 Å². The van der Waals surface area contributed by atoms with Gasteiger partial charge in [0.2, 0.25) is 5.91 Å². The van der Waals surface area contributed by atoms with Crippen molar-refractivity contribution < 1.29 is 14.3 Å². The quantitative estimate of drug-likeness (QED) is 0.714. The standard InChI is InChI=1S/C14H20N2O3S/c1-10(9-18-2)19-8-7-13(17)16-12-6-4-3-5-11(12)14(15)20/h3-6,10H,7-9H2,1-2H3,(H2,15,20)(H,16,17). The maximum absolute atomic E-state index is 11.8. The smallest absolute Gasteiger partial charge is 0.226 e. The number of hydrogen-bond donors (Lipinski definition) is 2. The van der Waals surface area contributed by atoms with Crippen LogP contribution in [-0.2, 0) is 14.3 Å². The van der Waals surface area contributed by atoms with Crippen LogP contribution >= 0.6 is 12.2 Å². The summed E-state index contributed by atoms with van der Waals surface area (Å²) in [5, 5.41) is 2.78. The fraction of sp³-hybridized carbons (Fsp3) is 0.429. The summed E-state index contributed by atoms with van der Waals surface area (Å²) in [4.78, 5) is 12.1. The van der Waals surface area contributed by atoms with Gasteiger partial charge in [-0.1, -0.05) is 24.4 Å². The van der Waals surface area contributed by atoms with Crippen molar-refractivity contribution in [1.29, 1.82) is 0 Å². The number of amides is 1. The van der Waals surface area contributed by atoms with Crippen LogP contribution < -0.4 is 11.1 Å². The van der Waals surface area contributed by atoms with Gasteiger partial charge < -0.3 is 20.5 Å². The highest BCUT2D eigenvalue weighted by molar-refractivity contribution is 7.80. The lowest BCUT2D eigenvalue weighted by Gasteiger charge is -2.12. The summed E-state index contributed by atoms with van der Waals surface area (Å²) in [6, 6.07) is 7.17. The Balaban J connectivity index is 2.45. The van der Waals surface area contributed by atoms with E-state index in [2.05, 4.69) is 5.32 Å². The van der Waals surface area contributed by atoms with Gasteiger partial charge in [0, 0.05) is 12.7 Å². The number of anilines is 1. The molecule has 1 rings (SSSR count). The van der Waals surface area contributed by atoms with Gasteiger partial charge in [0.1, 0.15) is 4.99 Å². The van der Waals surface area contributed by atoms with Gasteiger partial charge >= 0.3 is 0 Å². The van der Waals surface area contributed by atoms with E-state index in [0.29, 0.717) is 24.5 Å². The minimum absolute atomic E-state index is 0.0308. The van der Waals surface area contributed by atoms with Crippen molar-refractivity contribution in [2.45, 2.75) is 19.4 Å². The normalized spacial score (nSPS) is 11.9. The number of benzene rings is 1. The summed E-state index contributed by atoms with van der Waals surface area (Å²) < 4.78 is 10.4. The zero-order valence-electron chi connectivity index (χ0n) is 11.7. The van der Waals surface area contributed by atoms with Gasteiger partial charge in [0.15, 0.2) is 0 Å². The average molecular weight is 296 g/mol. The molecule has 1 aromatic carbocycles. The van der Waals surface area contributed by atoms with Crippen molar-refractivity contribution in [3.8, 4) is 0 Å². The van der Waals surface area contributed by atoms with Gasteiger partial charge in [0.05, 0.1) is 31.4 Å². The molecular weight excluding hydrogens is 276 g/mol. The number of rotatable bonds is 8. The SMILES string of the molecule is COCC(C)OCCC(=O)Nc1ccccc1C(N)=S. The van der Waals surface area contributed by atoms with Crippen LogP contribution in [0.4, 0.5) is 5.69 Å². The first-order chi connectivity index (χ1) is 9.54. The molecule has 0 spiro atoms. The molecule has 0 radical (unpaired) electrons. The lowest BCUT2D eigenvalue weighted by Crippen LogP contribution is -2.21. The molecule has 0 fully saturated rings. The second kappa shape index (κ2) is 8.63. The second-order valence-electron chi connectivity index (χ2n) is 4.34. The topological polar surface area (TPSA) is 73.6 Å². The van der Waals surface area contributed by atoms with E-state index in [-0.39, 0.29) is 23.4 Å². The van der Waals surface area contributed by atoms with Crippen molar-refractivity contribution in [3.63, 3.8) is 0 Å². The van der Waals surface area contributed by atoms with E-state index < -0.39 is 0 Å². The minimum atomic E-state index is -0.140. The highest BCUT2D eigenvalue weighted by atomic mass is 32.1. The highest BCUT2D eigenvalue weighted by Crippen LogP contribution is 2.15. The Morgan fingerprint density at radius 1 is 1.45 bits per heavy atom. The molecular formula is C14H20N2O3S. The van der Waals surface area contributed by atoms with Crippen molar-refractivity contribution in [3.05, 3.63) is 29.8 Å². The first-order valence-electron chi connectivity index (χ1n) is 6.33. The third-order valence-corrected chi connectivity index (χ3v) is 2.82. The predicted octanol–water partition coefficient (Wildman–Crippen LogP) is 1.70. The van der Waals surface area contributed by atoms with Crippen LogP contribution in [0.2, 0.25) is 0 Å². The molecule has 6 heteroatoms. The minimum Gasteiger partial charge on any atom is -0.389 e. The molecule has 5 nitrogen and oxygen atoms in total. The van der Waals surface area contributed by atoms with Crippen LogP contribution in [0.15, 0.2) is 24.3 Å². The number of nitrogens with two attached hydrogens (primary N) is 1. The Hall–Kier alpha value is -1.50. The van der Waals surface area contributed by atoms with E-state index >= 15 is 0 Å². The molecule has 1 amide bonds. The number of ether oxygens (including phenoxy) is 2. The van der Waals surface area contributed by atoms with E-state index in [9.17, 15) is 4.79 Å². The number of nitrogens with one attached hydrogen (secondary N) is 1. The third kappa shape index (κ3) is 5.64. The second-order valence-corrected chi connectivity index (χ2v) is 4.78. The molecule has 1 aromatic rings. The lowest BCUT2D eigenvalue weighted by atomic mass is 10.1. The number of carbonyl (C=O) groups is 1. The number of methoxy groups -OCH3 is 1. The Bertz CT molecular complexity index is 465. The zero-order valence-corrected chi connectivity index (χ0v) is 12.5. The Morgan fingerprint density at radius 3 is 2.80 bits per heavy atom. The monoisotopic (exact) mass is 296 g/mol. The first kappa shape index (κ1) is 16.6. The summed E-state index contributed by atoms with van der Waals surface area (Å²) in [5.74, 6) is -0.140. The molecule has 0 aliphatic rings.